The summed E-state index contributed by atoms with van der Waals surface area (Å²) in [7, 11) is 0. The van der Waals surface area contributed by atoms with Crippen LogP contribution in [0.15, 0.2) is 60.7 Å². The van der Waals surface area contributed by atoms with Crippen molar-refractivity contribution in [1.29, 1.82) is 0 Å². The van der Waals surface area contributed by atoms with Gasteiger partial charge in [-0.05, 0) is 79.6 Å². The van der Waals surface area contributed by atoms with Gasteiger partial charge >= 0.3 is 5.97 Å². The highest BCUT2D eigenvalue weighted by Gasteiger charge is 2.37. The molecule has 3 aromatic carbocycles. The summed E-state index contributed by atoms with van der Waals surface area (Å²) in [5.41, 5.74) is 3.65. The Labute approximate surface area is 207 Å². The minimum Gasteiger partial charge on any atom is -0.452 e. The average molecular weight is 485 g/mol. The molecule has 182 valence electrons. The fourth-order valence-electron chi connectivity index (χ4n) is 3.96. The maximum Gasteiger partial charge on any atom is 0.338 e. The standard InChI is InChI=1S/C27H23N3O6/c1-15-10-16(2)12-20(11-15)29-24(32)14-36-27(35)18-4-9-22-23(13-18)26(34)30(25(22)33)21-7-5-19(6-8-21)28-17(3)31/h4-13H,14H2,1-3H3,(H,28,31)(H,29,32). The Bertz CT molecular complexity index is 1390. The van der Waals surface area contributed by atoms with E-state index in [0.717, 1.165) is 16.0 Å². The maximum atomic E-state index is 13.0. The zero-order valence-electron chi connectivity index (χ0n) is 19.9. The molecule has 0 unspecified atom stereocenters. The van der Waals surface area contributed by atoms with Crippen molar-refractivity contribution < 1.29 is 28.7 Å². The van der Waals surface area contributed by atoms with Crippen molar-refractivity contribution >= 4 is 46.7 Å². The van der Waals surface area contributed by atoms with Gasteiger partial charge in [0.05, 0.1) is 22.4 Å². The summed E-state index contributed by atoms with van der Waals surface area (Å²) in [4.78, 5) is 62.8. The van der Waals surface area contributed by atoms with E-state index in [-0.39, 0.29) is 22.6 Å². The number of carbonyl (C=O) groups is 5. The summed E-state index contributed by atoms with van der Waals surface area (Å²) in [5, 5.41) is 5.29. The van der Waals surface area contributed by atoms with Crippen molar-refractivity contribution in [3.8, 4) is 0 Å². The number of hydrogen-bond acceptors (Lipinski definition) is 6. The quantitative estimate of drug-likeness (QED) is 0.404. The number of fused-ring (bicyclic) bond motifs is 1. The summed E-state index contributed by atoms with van der Waals surface area (Å²) >= 11 is 0. The van der Waals surface area contributed by atoms with Crippen molar-refractivity contribution in [1.82, 2.24) is 0 Å². The van der Waals surface area contributed by atoms with E-state index in [4.69, 9.17) is 4.74 Å². The molecule has 0 aromatic heterocycles. The molecule has 0 spiro atoms. The van der Waals surface area contributed by atoms with Gasteiger partial charge in [-0.3, -0.25) is 19.2 Å². The van der Waals surface area contributed by atoms with Crippen LogP contribution in [0.25, 0.3) is 0 Å². The van der Waals surface area contributed by atoms with Crippen LogP contribution in [0.4, 0.5) is 17.1 Å². The van der Waals surface area contributed by atoms with E-state index in [1.54, 1.807) is 24.3 Å². The molecular formula is C27H23N3O6. The van der Waals surface area contributed by atoms with Gasteiger partial charge in [-0.15, -0.1) is 0 Å². The second-order valence-corrected chi connectivity index (χ2v) is 8.43. The summed E-state index contributed by atoms with van der Waals surface area (Å²) < 4.78 is 5.11. The van der Waals surface area contributed by atoms with Crippen molar-refractivity contribution in [2.45, 2.75) is 20.8 Å². The highest BCUT2D eigenvalue weighted by atomic mass is 16.5. The van der Waals surface area contributed by atoms with Crippen LogP contribution in [0.3, 0.4) is 0 Å². The molecule has 9 heteroatoms. The minimum absolute atomic E-state index is 0.0388. The summed E-state index contributed by atoms with van der Waals surface area (Å²) in [6.45, 7) is 4.68. The van der Waals surface area contributed by atoms with Crippen LogP contribution in [0.1, 0.15) is 49.1 Å². The number of rotatable bonds is 6. The van der Waals surface area contributed by atoms with Crippen LogP contribution >= 0.6 is 0 Å². The van der Waals surface area contributed by atoms with Crippen LogP contribution < -0.4 is 15.5 Å². The van der Waals surface area contributed by atoms with E-state index in [1.807, 2.05) is 19.9 Å². The van der Waals surface area contributed by atoms with Gasteiger partial charge in [0.1, 0.15) is 0 Å². The first-order chi connectivity index (χ1) is 17.1. The number of aryl methyl sites for hydroxylation is 2. The molecule has 1 aliphatic rings. The molecule has 4 rings (SSSR count). The summed E-state index contributed by atoms with van der Waals surface area (Å²) in [6, 6.07) is 15.8. The minimum atomic E-state index is -0.799. The molecule has 0 aliphatic carbocycles. The molecule has 0 saturated heterocycles. The number of esters is 1. The number of anilines is 3. The van der Waals surface area contributed by atoms with E-state index in [0.29, 0.717) is 17.1 Å². The number of benzene rings is 3. The highest BCUT2D eigenvalue weighted by molar-refractivity contribution is 6.34. The van der Waals surface area contributed by atoms with Crippen molar-refractivity contribution in [3.63, 3.8) is 0 Å². The first-order valence-corrected chi connectivity index (χ1v) is 11.1. The largest absolute Gasteiger partial charge is 0.452 e. The number of carbonyl (C=O) groups excluding carboxylic acids is 5. The Morgan fingerprint density at radius 2 is 1.42 bits per heavy atom. The third-order valence-corrected chi connectivity index (χ3v) is 5.41. The van der Waals surface area contributed by atoms with E-state index in [2.05, 4.69) is 10.6 Å². The van der Waals surface area contributed by atoms with Crippen molar-refractivity contribution in [2.24, 2.45) is 0 Å². The molecule has 0 fully saturated rings. The SMILES string of the molecule is CC(=O)Nc1ccc(N2C(=O)c3ccc(C(=O)OCC(=O)Nc4cc(C)cc(C)c4)cc3C2=O)cc1. The molecule has 0 saturated carbocycles. The van der Waals surface area contributed by atoms with Crippen LogP contribution in [0.5, 0.6) is 0 Å². The highest BCUT2D eigenvalue weighted by Crippen LogP contribution is 2.30. The van der Waals surface area contributed by atoms with Gasteiger partial charge in [0.15, 0.2) is 6.61 Å². The topological polar surface area (TPSA) is 122 Å². The molecule has 1 heterocycles. The molecule has 2 N–H and O–H groups in total. The molecule has 3 aromatic rings. The molecule has 1 aliphatic heterocycles. The zero-order valence-corrected chi connectivity index (χ0v) is 19.9. The van der Waals surface area contributed by atoms with Gasteiger partial charge in [-0.2, -0.15) is 0 Å². The normalized spacial score (nSPS) is 12.2. The first kappa shape index (κ1) is 24.3. The van der Waals surface area contributed by atoms with Crippen molar-refractivity contribution in [3.05, 3.63) is 88.5 Å². The smallest absolute Gasteiger partial charge is 0.338 e. The molecule has 0 atom stereocenters. The maximum absolute atomic E-state index is 13.0. The Hall–Kier alpha value is -4.79. The van der Waals surface area contributed by atoms with Gasteiger partial charge in [0.2, 0.25) is 5.91 Å². The third kappa shape index (κ3) is 5.15. The lowest BCUT2D eigenvalue weighted by Gasteiger charge is -2.14. The van der Waals surface area contributed by atoms with E-state index >= 15 is 0 Å². The number of nitrogens with zero attached hydrogens (tertiary/aromatic N) is 1. The monoisotopic (exact) mass is 485 g/mol. The van der Waals surface area contributed by atoms with E-state index < -0.39 is 30.3 Å². The van der Waals surface area contributed by atoms with Crippen LogP contribution in [0, 0.1) is 13.8 Å². The first-order valence-electron chi connectivity index (χ1n) is 11.1. The van der Waals surface area contributed by atoms with Gasteiger partial charge in [0.25, 0.3) is 17.7 Å². The number of imide groups is 1. The second-order valence-electron chi connectivity index (χ2n) is 8.43. The summed E-state index contributed by atoms with van der Waals surface area (Å²) in [6.07, 6.45) is 0. The van der Waals surface area contributed by atoms with Gasteiger partial charge in [-0.25, -0.2) is 9.69 Å². The van der Waals surface area contributed by atoms with Crippen LogP contribution in [0.2, 0.25) is 0 Å². The van der Waals surface area contributed by atoms with Crippen LogP contribution in [-0.2, 0) is 14.3 Å². The average Bonchev–Trinajstić information content (AvgIpc) is 3.06. The number of amides is 4. The molecule has 9 nitrogen and oxygen atoms in total. The second kappa shape index (κ2) is 9.83. The summed E-state index contributed by atoms with van der Waals surface area (Å²) in [5.74, 6) is -2.67. The van der Waals surface area contributed by atoms with Crippen molar-refractivity contribution in [2.75, 3.05) is 22.1 Å². The lowest BCUT2D eigenvalue weighted by molar-refractivity contribution is -0.119. The number of ether oxygens (including phenoxy) is 1. The fraction of sp³-hybridized carbons (Fsp3) is 0.148. The van der Waals surface area contributed by atoms with Gasteiger partial charge in [0, 0.05) is 18.3 Å². The Balaban J connectivity index is 1.43. The van der Waals surface area contributed by atoms with Gasteiger partial charge < -0.3 is 15.4 Å². The zero-order chi connectivity index (χ0) is 26.0. The predicted molar refractivity (Wildman–Crippen MR) is 133 cm³/mol. The molecule has 0 bridgehead atoms. The van der Waals surface area contributed by atoms with E-state index in [1.165, 1.54) is 37.3 Å². The number of hydrogen-bond donors (Lipinski definition) is 2. The molecule has 4 amide bonds. The lowest BCUT2D eigenvalue weighted by Crippen LogP contribution is -2.29. The molecular weight excluding hydrogens is 462 g/mol. The van der Waals surface area contributed by atoms with Crippen LogP contribution in [-0.4, -0.2) is 36.2 Å². The van der Waals surface area contributed by atoms with Gasteiger partial charge in [-0.1, -0.05) is 6.07 Å². The lowest BCUT2D eigenvalue weighted by atomic mass is 10.1. The molecule has 36 heavy (non-hydrogen) atoms. The number of nitrogens with one attached hydrogen (secondary N) is 2. The molecule has 0 radical (unpaired) electrons. The fourth-order valence-corrected chi connectivity index (χ4v) is 3.96. The predicted octanol–water partition coefficient (Wildman–Crippen LogP) is 3.86. The van der Waals surface area contributed by atoms with E-state index in [9.17, 15) is 24.0 Å². The Morgan fingerprint density at radius 1 is 0.778 bits per heavy atom. The Kier molecular flexibility index (Phi) is 6.64. The third-order valence-electron chi connectivity index (χ3n) is 5.41. The Morgan fingerprint density at radius 3 is 2.06 bits per heavy atom.